The minimum Gasteiger partial charge on any atom is -0.496 e. The molecule has 3 rings (SSSR count). The van der Waals surface area contributed by atoms with E-state index in [-0.39, 0.29) is 10.7 Å². The lowest BCUT2D eigenvalue weighted by atomic mass is 10.1. The van der Waals surface area contributed by atoms with Crippen molar-refractivity contribution in [2.75, 3.05) is 33.4 Å². The smallest absolute Gasteiger partial charge is 0.243 e. The molecule has 0 amide bonds. The zero-order valence-corrected chi connectivity index (χ0v) is 15.8. The molecule has 0 spiro atoms. The molecule has 0 aliphatic carbocycles. The van der Waals surface area contributed by atoms with E-state index >= 15 is 0 Å². The summed E-state index contributed by atoms with van der Waals surface area (Å²) in [5, 5.41) is 0. The van der Waals surface area contributed by atoms with E-state index in [4.69, 9.17) is 9.47 Å². The number of ketones is 1. The van der Waals surface area contributed by atoms with Crippen LogP contribution in [0.1, 0.15) is 15.9 Å². The van der Waals surface area contributed by atoms with Gasteiger partial charge in [0.15, 0.2) is 5.78 Å². The predicted molar refractivity (Wildman–Crippen MR) is 102 cm³/mol. The summed E-state index contributed by atoms with van der Waals surface area (Å²) in [4.78, 5) is 12.6. The van der Waals surface area contributed by atoms with Crippen LogP contribution >= 0.6 is 0 Å². The molecule has 7 heteroatoms. The third kappa shape index (κ3) is 4.44. The lowest BCUT2D eigenvalue weighted by Crippen LogP contribution is -2.40. The maximum atomic E-state index is 12.6. The Morgan fingerprint density at radius 1 is 1.07 bits per heavy atom. The summed E-state index contributed by atoms with van der Waals surface area (Å²) in [6.45, 7) is 1.46. The lowest BCUT2D eigenvalue weighted by Gasteiger charge is -2.26. The van der Waals surface area contributed by atoms with Crippen LogP contribution in [0.15, 0.2) is 59.5 Å². The van der Waals surface area contributed by atoms with Crippen molar-refractivity contribution in [1.82, 2.24) is 4.31 Å². The number of nitrogens with zero attached hydrogens (tertiary/aromatic N) is 1. The van der Waals surface area contributed by atoms with Crippen LogP contribution in [0.25, 0.3) is 6.08 Å². The number of rotatable bonds is 6. The number of para-hydroxylation sites is 1. The van der Waals surface area contributed by atoms with Gasteiger partial charge in [-0.3, -0.25) is 4.79 Å². The average molecular weight is 387 g/mol. The number of carbonyl (C=O) groups excluding carboxylic acids is 1. The number of hydrogen-bond acceptors (Lipinski definition) is 5. The summed E-state index contributed by atoms with van der Waals surface area (Å²) in [5.74, 6) is 0.463. The van der Waals surface area contributed by atoms with Gasteiger partial charge in [-0.25, -0.2) is 8.42 Å². The number of morpholine rings is 1. The molecule has 0 N–H and O–H groups in total. The molecule has 2 aromatic rings. The molecule has 1 heterocycles. The molecule has 1 aliphatic rings. The summed E-state index contributed by atoms with van der Waals surface area (Å²) in [6, 6.07) is 13.4. The van der Waals surface area contributed by atoms with Gasteiger partial charge in [0.05, 0.1) is 25.2 Å². The molecule has 0 unspecified atom stereocenters. The minimum absolute atomic E-state index is 0.176. The van der Waals surface area contributed by atoms with Gasteiger partial charge >= 0.3 is 0 Å². The molecule has 2 aromatic carbocycles. The molecule has 6 nitrogen and oxygen atoms in total. The van der Waals surface area contributed by atoms with Gasteiger partial charge < -0.3 is 9.47 Å². The molecule has 1 saturated heterocycles. The van der Waals surface area contributed by atoms with Gasteiger partial charge in [0.25, 0.3) is 0 Å². The van der Waals surface area contributed by atoms with E-state index in [1.807, 2.05) is 24.3 Å². The molecule has 0 saturated carbocycles. The van der Waals surface area contributed by atoms with E-state index in [1.165, 1.54) is 34.6 Å². The highest BCUT2D eigenvalue weighted by molar-refractivity contribution is 7.89. The fourth-order valence-corrected chi connectivity index (χ4v) is 4.20. The van der Waals surface area contributed by atoms with Gasteiger partial charge in [-0.1, -0.05) is 18.2 Å². The van der Waals surface area contributed by atoms with Crippen LogP contribution in [-0.2, 0) is 14.8 Å². The van der Waals surface area contributed by atoms with E-state index in [1.54, 1.807) is 13.2 Å². The average Bonchev–Trinajstić information content (AvgIpc) is 2.73. The van der Waals surface area contributed by atoms with Crippen molar-refractivity contribution in [2.45, 2.75) is 4.90 Å². The highest BCUT2D eigenvalue weighted by Crippen LogP contribution is 2.20. The van der Waals surface area contributed by atoms with Crippen LogP contribution in [0.3, 0.4) is 0 Å². The first-order valence-electron chi connectivity index (χ1n) is 8.56. The molecule has 0 bridgehead atoms. The van der Waals surface area contributed by atoms with Crippen LogP contribution in [0.2, 0.25) is 0 Å². The van der Waals surface area contributed by atoms with Gasteiger partial charge in [-0.2, -0.15) is 4.31 Å². The second kappa shape index (κ2) is 8.47. The Hall–Kier alpha value is -2.48. The molecule has 1 fully saturated rings. The Morgan fingerprint density at radius 3 is 2.41 bits per heavy atom. The molecular formula is C20H21NO5S. The van der Waals surface area contributed by atoms with Crippen molar-refractivity contribution in [2.24, 2.45) is 0 Å². The van der Waals surface area contributed by atoms with Gasteiger partial charge in [0, 0.05) is 24.2 Å². The SMILES string of the molecule is COc1ccccc1/C=C/C(=O)c1ccc(S(=O)(=O)N2CCOCC2)cc1. The summed E-state index contributed by atoms with van der Waals surface area (Å²) < 4.78 is 37.1. The fourth-order valence-electron chi connectivity index (χ4n) is 2.79. The Morgan fingerprint density at radius 2 is 1.74 bits per heavy atom. The van der Waals surface area contributed by atoms with Gasteiger partial charge in [-0.15, -0.1) is 0 Å². The van der Waals surface area contributed by atoms with Gasteiger partial charge in [-0.05, 0) is 42.5 Å². The van der Waals surface area contributed by atoms with Crippen molar-refractivity contribution < 1.29 is 22.7 Å². The summed E-state index contributed by atoms with van der Waals surface area (Å²) in [6.07, 6.45) is 3.13. The van der Waals surface area contributed by atoms with Crippen molar-refractivity contribution in [3.8, 4) is 5.75 Å². The molecule has 0 radical (unpaired) electrons. The highest BCUT2D eigenvalue weighted by atomic mass is 32.2. The fraction of sp³-hybridized carbons (Fsp3) is 0.250. The number of sulfonamides is 1. The van der Waals surface area contributed by atoms with Crippen LogP contribution in [0.4, 0.5) is 0 Å². The molecular weight excluding hydrogens is 366 g/mol. The molecule has 0 aromatic heterocycles. The number of allylic oxidation sites excluding steroid dienone is 1. The Labute approximate surface area is 159 Å². The van der Waals surface area contributed by atoms with E-state index in [0.717, 1.165) is 5.56 Å². The van der Waals surface area contributed by atoms with E-state index < -0.39 is 10.0 Å². The van der Waals surface area contributed by atoms with Crippen LogP contribution < -0.4 is 4.74 Å². The van der Waals surface area contributed by atoms with E-state index in [0.29, 0.717) is 37.6 Å². The Bertz CT molecular complexity index is 929. The Kier molecular flexibility index (Phi) is 6.05. The largest absolute Gasteiger partial charge is 0.496 e. The first-order valence-corrected chi connectivity index (χ1v) is 10.00. The first-order chi connectivity index (χ1) is 13.0. The molecule has 27 heavy (non-hydrogen) atoms. The van der Waals surface area contributed by atoms with Gasteiger partial charge in [0.1, 0.15) is 5.75 Å². The number of methoxy groups -OCH3 is 1. The predicted octanol–water partition coefficient (Wildman–Crippen LogP) is 2.61. The number of benzene rings is 2. The summed E-state index contributed by atoms with van der Waals surface area (Å²) in [5.41, 5.74) is 1.21. The van der Waals surface area contributed by atoms with E-state index in [9.17, 15) is 13.2 Å². The van der Waals surface area contributed by atoms with Crippen LogP contribution in [-0.4, -0.2) is 51.9 Å². The quantitative estimate of drug-likeness (QED) is 0.563. The normalized spacial score (nSPS) is 15.7. The Balaban J connectivity index is 1.75. The summed E-state index contributed by atoms with van der Waals surface area (Å²) in [7, 11) is -1.99. The molecule has 142 valence electrons. The number of ether oxygens (including phenoxy) is 2. The topological polar surface area (TPSA) is 72.9 Å². The zero-order chi connectivity index (χ0) is 19.3. The third-order valence-electron chi connectivity index (χ3n) is 4.30. The molecule has 0 atom stereocenters. The van der Waals surface area contributed by atoms with Crippen LogP contribution in [0.5, 0.6) is 5.75 Å². The maximum Gasteiger partial charge on any atom is 0.243 e. The molecule has 1 aliphatic heterocycles. The van der Waals surface area contributed by atoms with Gasteiger partial charge in [0.2, 0.25) is 10.0 Å². The van der Waals surface area contributed by atoms with Crippen molar-refractivity contribution in [3.63, 3.8) is 0 Å². The lowest BCUT2D eigenvalue weighted by molar-refractivity contribution is 0.0730. The zero-order valence-electron chi connectivity index (χ0n) is 15.0. The first kappa shape index (κ1) is 19.3. The third-order valence-corrected chi connectivity index (χ3v) is 6.21. The standard InChI is InChI=1S/C20H21NO5S/c1-25-20-5-3-2-4-17(20)8-11-19(22)16-6-9-18(10-7-16)27(23,24)21-12-14-26-15-13-21/h2-11H,12-15H2,1H3/b11-8+. The van der Waals surface area contributed by atoms with Crippen molar-refractivity contribution in [3.05, 3.63) is 65.7 Å². The number of carbonyl (C=O) groups is 1. The van der Waals surface area contributed by atoms with Crippen molar-refractivity contribution in [1.29, 1.82) is 0 Å². The monoisotopic (exact) mass is 387 g/mol. The highest BCUT2D eigenvalue weighted by Gasteiger charge is 2.26. The second-order valence-electron chi connectivity index (χ2n) is 5.98. The maximum absolute atomic E-state index is 12.6. The minimum atomic E-state index is -3.56. The summed E-state index contributed by atoms with van der Waals surface area (Å²) >= 11 is 0. The number of hydrogen-bond donors (Lipinski definition) is 0. The van der Waals surface area contributed by atoms with Crippen molar-refractivity contribution >= 4 is 21.9 Å². The van der Waals surface area contributed by atoms with E-state index in [2.05, 4.69) is 0 Å². The van der Waals surface area contributed by atoms with Crippen LogP contribution in [0, 0.1) is 0 Å². The second-order valence-corrected chi connectivity index (χ2v) is 7.92.